The van der Waals surface area contributed by atoms with E-state index in [1.54, 1.807) is 0 Å². The molecule has 0 spiro atoms. The number of carbonyl (C=O) groups is 1. The Labute approximate surface area is 102 Å². The van der Waals surface area contributed by atoms with E-state index in [2.05, 4.69) is 0 Å². The second-order valence-electron chi connectivity index (χ2n) is 4.37. The SMILES string of the molecule is CC(C)C(N)C(=O)CCc1cccc(Cl)c1. The molecule has 88 valence electrons. The molecule has 0 aliphatic carbocycles. The summed E-state index contributed by atoms with van der Waals surface area (Å²) in [4.78, 5) is 11.7. The number of ketones is 1. The van der Waals surface area contributed by atoms with Gasteiger partial charge in [-0.05, 0) is 30.0 Å². The summed E-state index contributed by atoms with van der Waals surface area (Å²) in [6, 6.07) is 7.23. The van der Waals surface area contributed by atoms with Crippen molar-refractivity contribution >= 4 is 17.4 Å². The first-order chi connectivity index (χ1) is 7.50. The summed E-state index contributed by atoms with van der Waals surface area (Å²) in [7, 11) is 0. The minimum atomic E-state index is -0.348. The smallest absolute Gasteiger partial charge is 0.150 e. The summed E-state index contributed by atoms with van der Waals surface area (Å²) >= 11 is 5.86. The monoisotopic (exact) mass is 239 g/mol. The third kappa shape index (κ3) is 3.95. The van der Waals surface area contributed by atoms with Crippen molar-refractivity contribution in [3.8, 4) is 0 Å². The van der Waals surface area contributed by atoms with Crippen LogP contribution in [0, 0.1) is 5.92 Å². The van der Waals surface area contributed by atoms with Gasteiger partial charge in [0.05, 0.1) is 6.04 Å². The van der Waals surface area contributed by atoms with Crippen molar-refractivity contribution in [1.82, 2.24) is 0 Å². The van der Waals surface area contributed by atoms with Gasteiger partial charge < -0.3 is 5.73 Å². The molecular formula is C13H18ClNO. The van der Waals surface area contributed by atoms with Gasteiger partial charge in [-0.15, -0.1) is 0 Å². The van der Waals surface area contributed by atoms with Crippen LogP contribution in [0.5, 0.6) is 0 Å². The number of hydrogen-bond acceptors (Lipinski definition) is 2. The highest BCUT2D eigenvalue weighted by Crippen LogP contribution is 2.13. The Morgan fingerprint density at radius 2 is 2.12 bits per heavy atom. The number of rotatable bonds is 5. The first-order valence-electron chi connectivity index (χ1n) is 5.53. The van der Waals surface area contributed by atoms with Gasteiger partial charge in [0, 0.05) is 11.4 Å². The lowest BCUT2D eigenvalue weighted by Gasteiger charge is -2.13. The highest BCUT2D eigenvalue weighted by atomic mass is 35.5. The molecule has 16 heavy (non-hydrogen) atoms. The Bertz CT molecular complexity index is 363. The first-order valence-corrected chi connectivity index (χ1v) is 5.91. The quantitative estimate of drug-likeness (QED) is 0.859. The van der Waals surface area contributed by atoms with Crippen molar-refractivity contribution in [3.05, 3.63) is 34.9 Å². The third-order valence-corrected chi connectivity index (χ3v) is 2.87. The molecule has 1 aromatic rings. The average Bonchev–Trinajstić information content (AvgIpc) is 2.24. The summed E-state index contributed by atoms with van der Waals surface area (Å²) in [5.74, 6) is 0.321. The lowest BCUT2D eigenvalue weighted by molar-refractivity contribution is -0.121. The van der Waals surface area contributed by atoms with E-state index in [1.807, 2.05) is 38.1 Å². The van der Waals surface area contributed by atoms with E-state index in [1.165, 1.54) is 0 Å². The van der Waals surface area contributed by atoms with E-state index in [9.17, 15) is 4.79 Å². The van der Waals surface area contributed by atoms with Crippen LogP contribution in [-0.4, -0.2) is 11.8 Å². The summed E-state index contributed by atoms with van der Waals surface area (Å²) in [5, 5.41) is 0.707. The fourth-order valence-electron chi connectivity index (χ4n) is 1.50. The van der Waals surface area contributed by atoms with Crippen molar-refractivity contribution < 1.29 is 4.79 Å². The van der Waals surface area contributed by atoms with Crippen LogP contribution in [0.2, 0.25) is 5.02 Å². The van der Waals surface area contributed by atoms with Crippen LogP contribution in [0.25, 0.3) is 0 Å². The number of benzene rings is 1. The maximum absolute atomic E-state index is 11.7. The molecule has 0 bridgehead atoms. The van der Waals surface area contributed by atoms with E-state index in [-0.39, 0.29) is 17.7 Å². The van der Waals surface area contributed by atoms with Gasteiger partial charge in [-0.1, -0.05) is 37.6 Å². The van der Waals surface area contributed by atoms with Crippen LogP contribution < -0.4 is 5.73 Å². The van der Waals surface area contributed by atoms with Crippen LogP contribution >= 0.6 is 11.6 Å². The second kappa shape index (κ2) is 6.02. The number of halogens is 1. The van der Waals surface area contributed by atoms with Gasteiger partial charge in [-0.3, -0.25) is 4.79 Å². The normalized spacial score (nSPS) is 12.8. The van der Waals surface area contributed by atoms with E-state index >= 15 is 0 Å². The number of Topliss-reactive ketones (excluding diaryl/α,β-unsaturated/α-hetero) is 1. The molecule has 1 atom stereocenters. The number of aryl methyl sites for hydroxylation is 1. The Balaban J connectivity index is 2.49. The molecule has 2 nitrogen and oxygen atoms in total. The zero-order chi connectivity index (χ0) is 12.1. The molecule has 0 saturated heterocycles. The van der Waals surface area contributed by atoms with Gasteiger partial charge in [0.25, 0.3) is 0 Å². The molecule has 0 aromatic heterocycles. The van der Waals surface area contributed by atoms with E-state index < -0.39 is 0 Å². The fourth-order valence-corrected chi connectivity index (χ4v) is 1.71. The minimum Gasteiger partial charge on any atom is -0.321 e. The molecule has 1 rings (SSSR count). The van der Waals surface area contributed by atoms with Crippen LogP contribution in [0.3, 0.4) is 0 Å². The predicted molar refractivity (Wildman–Crippen MR) is 67.6 cm³/mol. The Kier molecular flexibility index (Phi) is 4.97. The summed E-state index contributed by atoms with van der Waals surface area (Å²) < 4.78 is 0. The highest BCUT2D eigenvalue weighted by molar-refractivity contribution is 6.30. The molecule has 3 heteroatoms. The Morgan fingerprint density at radius 3 is 2.69 bits per heavy atom. The molecule has 1 unspecified atom stereocenters. The largest absolute Gasteiger partial charge is 0.321 e. The zero-order valence-corrected chi connectivity index (χ0v) is 10.5. The molecule has 1 aromatic carbocycles. The van der Waals surface area contributed by atoms with Gasteiger partial charge in [0.15, 0.2) is 0 Å². The van der Waals surface area contributed by atoms with Gasteiger partial charge in [-0.2, -0.15) is 0 Å². The highest BCUT2D eigenvalue weighted by Gasteiger charge is 2.16. The van der Waals surface area contributed by atoms with Crippen LogP contribution in [0.4, 0.5) is 0 Å². The van der Waals surface area contributed by atoms with Crippen LogP contribution in [0.1, 0.15) is 25.8 Å². The molecule has 2 N–H and O–H groups in total. The second-order valence-corrected chi connectivity index (χ2v) is 4.80. The van der Waals surface area contributed by atoms with E-state index in [0.717, 1.165) is 5.56 Å². The van der Waals surface area contributed by atoms with Crippen molar-refractivity contribution in [2.45, 2.75) is 32.7 Å². The van der Waals surface area contributed by atoms with Crippen molar-refractivity contribution in [2.24, 2.45) is 11.7 Å². The van der Waals surface area contributed by atoms with Crippen molar-refractivity contribution in [1.29, 1.82) is 0 Å². The van der Waals surface area contributed by atoms with E-state index in [0.29, 0.717) is 17.9 Å². The van der Waals surface area contributed by atoms with Crippen molar-refractivity contribution in [2.75, 3.05) is 0 Å². The lowest BCUT2D eigenvalue weighted by Crippen LogP contribution is -2.35. The topological polar surface area (TPSA) is 43.1 Å². The Hall–Kier alpha value is -0.860. The Morgan fingerprint density at radius 1 is 1.44 bits per heavy atom. The number of hydrogen-bond donors (Lipinski definition) is 1. The molecule has 0 saturated carbocycles. The average molecular weight is 240 g/mol. The van der Waals surface area contributed by atoms with Crippen LogP contribution in [-0.2, 0) is 11.2 Å². The van der Waals surface area contributed by atoms with Gasteiger partial charge >= 0.3 is 0 Å². The molecule has 0 radical (unpaired) electrons. The standard InChI is InChI=1S/C13H18ClNO/c1-9(2)13(15)12(16)7-6-10-4-3-5-11(14)8-10/h3-5,8-9,13H,6-7,15H2,1-2H3. The van der Waals surface area contributed by atoms with Gasteiger partial charge in [0.1, 0.15) is 5.78 Å². The first kappa shape index (κ1) is 13.2. The molecule has 0 fully saturated rings. The maximum atomic E-state index is 11.7. The maximum Gasteiger partial charge on any atom is 0.150 e. The van der Waals surface area contributed by atoms with Gasteiger partial charge in [-0.25, -0.2) is 0 Å². The van der Waals surface area contributed by atoms with Crippen molar-refractivity contribution in [3.63, 3.8) is 0 Å². The van der Waals surface area contributed by atoms with Gasteiger partial charge in [0.2, 0.25) is 0 Å². The summed E-state index contributed by atoms with van der Waals surface area (Å²) in [5.41, 5.74) is 6.86. The molecule has 0 aliphatic heterocycles. The predicted octanol–water partition coefficient (Wildman–Crippen LogP) is 2.83. The number of nitrogens with two attached hydrogens (primary N) is 1. The minimum absolute atomic E-state index is 0.120. The van der Waals surface area contributed by atoms with Crippen LogP contribution in [0.15, 0.2) is 24.3 Å². The lowest BCUT2D eigenvalue weighted by atomic mass is 9.96. The molecule has 0 amide bonds. The zero-order valence-electron chi connectivity index (χ0n) is 9.74. The summed E-state index contributed by atoms with van der Waals surface area (Å²) in [6.45, 7) is 3.92. The molecule has 0 heterocycles. The molecular weight excluding hydrogens is 222 g/mol. The number of carbonyl (C=O) groups excluding carboxylic acids is 1. The fraction of sp³-hybridized carbons (Fsp3) is 0.462. The van der Waals surface area contributed by atoms with E-state index in [4.69, 9.17) is 17.3 Å². The summed E-state index contributed by atoms with van der Waals surface area (Å²) in [6.07, 6.45) is 1.19. The third-order valence-electron chi connectivity index (χ3n) is 2.64. The molecule has 0 aliphatic rings.